The number of rotatable bonds is 5. The molecule has 17 heavy (non-hydrogen) atoms. The van der Waals surface area contributed by atoms with Crippen molar-refractivity contribution >= 4 is 21.5 Å². The Bertz CT molecular complexity index is 469. The number of sulfone groups is 1. The topological polar surface area (TPSA) is 84.5 Å². The van der Waals surface area contributed by atoms with E-state index in [-0.39, 0.29) is 24.0 Å². The molecule has 1 rings (SSSR count). The Kier molecular flexibility index (Phi) is 4.96. The van der Waals surface area contributed by atoms with E-state index >= 15 is 0 Å². The summed E-state index contributed by atoms with van der Waals surface area (Å²) >= 11 is 0. The van der Waals surface area contributed by atoms with Gasteiger partial charge in [0.15, 0.2) is 15.8 Å². The molecule has 6 heteroatoms. The zero-order valence-corrected chi connectivity index (χ0v) is 10.6. The second-order valence-electron chi connectivity index (χ2n) is 3.49. The van der Waals surface area contributed by atoms with Gasteiger partial charge in [0.2, 0.25) is 0 Å². The van der Waals surface area contributed by atoms with E-state index in [9.17, 15) is 8.42 Å². The van der Waals surface area contributed by atoms with Gasteiger partial charge in [0.25, 0.3) is 0 Å². The number of guanidine groups is 1. The molecule has 0 aliphatic rings. The van der Waals surface area contributed by atoms with E-state index < -0.39 is 9.84 Å². The lowest BCUT2D eigenvalue weighted by Crippen LogP contribution is -2.24. The predicted molar refractivity (Wildman–Crippen MR) is 70.9 cm³/mol. The molecule has 0 aromatic heterocycles. The van der Waals surface area contributed by atoms with Crippen LogP contribution in [0.15, 0.2) is 35.3 Å². The molecule has 0 bridgehead atoms. The summed E-state index contributed by atoms with van der Waals surface area (Å²) < 4.78 is 22.4. The van der Waals surface area contributed by atoms with Crippen molar-refractivity contribution in [3.63, 3.8) is 0 Å². The van der Waals surface area contributed by atoms with Crippen LogP contribution in [0.3, 0.4) is 0 Å². The third kappa shape index (κ3) is 5.35. The highest BCUT2D eigenvalue weighted by Gasteiger charge is 2.05. The monoisotopic (exact) mass is 255 g/mol. The lowest BCUT2D eigenvalue weighted by atomic mass is 10.3. The van der Waals surface area contributed by atoms with Crippen LogP contribution < -0.4 is 11.1 Å². The van der Waals surface area contributed by atoms with E-state index in [1.807, 2.05) is 30.3 Å². The first-order valence-electron chi connectivity index (χ1n) is 5.36. The summed E-state index contributed by atoms with van der Waals surface area (Å²) in [6.45, 7) is 1.80. The number of nitrogens with zero attached hydrogens (tertiary/aromatic N) is 1. The third-order valence-electron chi connectivity index (χ3n) is 2.17. The Labute approximate surface area is 102 Å². The van der Waals surface area contributed by atoms with Gasteiger partial charge < -0.3 is 11.1 Å². The molecule has 0 saturated carbocycles. The number of para-hydroxylation sites is 1. The van der Waals surface area contributed by atoms with E-state index in [0.29, 0.717) is 0 Å². The maximum Gasteiger partial charge on any atom is 0.193 e. The molecule has 0 heterocycles. The van der Waals surface area contributed by atoms with E-state index in [2.05, 4.69) is 10.3 Å². The van der Waals surface area contributed by atoms with Gasteiger partial charge in [-0.25, -0.2) is 8.42 Å². The maximum absolute atomic E-state index is 11.2. The van der Waals surface area contributed by atoms with Crippen molar-refractivity contribution < 1.29 is 8.42 Å². The third-order valence-corrected chi connectivity index (χ3v) is 3.85. The van der Waals surface area contributed by atoms with Crippen LogP contribution in [0.25, 0.3) is 0 Å². The highest BCUT2D eigenvalue weighted by atomic mass is 32.2. The van der Waals surface area contributed by atoms with Gasteiger partial charge in [-0.3, -0.25) is 4.99 Å². The van der Waals surface area contributed by atoms with Crippen LogP contribution in [0.2, 0.25) is 0 Å². The normalized spacial score (nSPS) is 12.4. The zero-order valence-electron chi connectivity index (χ0n) is 9.76. The van der Waals surface area contributed by atoms with Crippen LogP contribution in [0, 0.1) is 0 Å². The van der Waals surface area contributed by atoms with E-state index in [4.69, 9.17) is 5.73 Å². The Morgan fingerprint density at radius 3 is 2.59 bits per heavy atom. The largest absolute Gasteiger partial charge is 0.370 e. The minimum absolute atomic E-state index is 0.0284. The van der Waals surface area contributed by atoms with Crippen molar-refractivity contribution in [3.8, 4) is 0 Å². The number of hydrogen-bond acceptors (Lipinski definition) is 3. The van der Waals surface area contributed by atoms with Gasteiger partial charge in [-0.15, -0.1) is 0 Å². The van der Waals surface area contributed by atoms with E-state index in [0.717, 1.165) is 5.69 Å². The number of nitrogens with one attached hydrogen (secondary N) is 1. The van der Waals surface area contributed by atoms with Crippen LogP contribution in [0.1, 0.15) is 6.92 Å². The van der Waals surface area contributed by atoms with Gasteiger partial charge in [-0.05, 0) is 12.1 Å². The number of hydrogen-bond donors (Lipinski definition) is 2. The van der Waals surface area contributed by atoms with Crippen molar-refractivity contribution in [2.75, 3.05) is 23.4 Å². The Morgan fingerprint density at radius 2 is 2.00 bits per heavy atom. The molecular weight excluding hydrogens is 238 g/mol. The van der Waals surface area contributed by atoms with Gasteiger partial charge in [0.1, 0.15) is 0 Å². The summed E-state index contributed by atoms with van der Waals surface area (Å²) in [4.78, 5) is 3.96. The molecule has 0 aliphatic carbocycles. The van der Waals surface area contributed by atoms with Gasteiger partial charge in [0.05, 0.1) is 12.3 Å². The van der Waals surface area contributed by atoms with Crippen LogP contribution in [0.4, 0.5) is 5.69 Å². The van der Waals surface area contributed by atoms with Gasteiger partial charge in [-0.2, -0.15) is 0 Å². The molecule has 0 aliphatic heterocycles. The molecule has 94 valence electrons. The molecule has 0 unspecified atom stereocenters. The summed E-state index contributed by atoms with van der Waals surface area (Å²) in [5, 5.41) is 2.88. The fourth-order valence-corrected chi connectivity index (χ4v) is 1.82. The smallest absolute Gasteiger partial charge is 0.193 e. The first-order valence-corrected chi connectivity index (χ1v) is 7.18. The lowest BCUT2D eigenvalue weighted by molar-refractivity contribution is 0.597. The van der Waals surface area contributed by atoms with Crippen LogP contribution in [0.5, 0.6) is 0 Å². The summed E-state index contributed by atoms with van der Waals surface area (Å²) in [6.07, 6.45) is 0. The summed E-state index contributed by atoms with van der Waals surface area (Å²) in [5.74, 6) is 0.386. The summed E-state index contributed by atoms with van der Waals surface area (Å²) in [5.41, 5.74) is 6.45. The number of nitrogens with two attached hydrogens (primary N) is 1. The second kappa shape index (κ2) is 6.24. The molecular formula is C11H17N3O2S. The van der Waals surface area contributed by atoms with Crippen molar-refractivity contribution in [1.29, 1.82) is 0 Å². The standard InChI is InChI=1S/C11H17N3O2S/c1-2-17(15,16)9-8-13-11(12)14-10-6-4-3-5-7-10/h3-7H,2,8-9H2,1H3,(H3,12,13,14). The molecule has 3 N–H and O–H groups in total. The lowest BCUT2D eigenvalue weighted by Gasteiger charge is -2.04. The molecule has 1 aromatic rings. The summed E-state index contributed by atoms with van der Waals surface area (Å²) in [6, 6.07) is 9.34. The molecule has 0 radical (unpaired) electrons. The van der Waals surface area contributed by atoms with Crippen LogP contribution in [-0.2, 0) is 9.84 Å². The minimum atomic E-state index is -2.98. The van der Waals surface area contributed by atoms with Crippen molar-refractivity contribution in [2.45, 2.75) is 6.92 Å². The first kappa shape index (κ1) is 13.5. The summed E-state index contributed by atoms with van der Waals surface area (Å²) in [7, 11) is -2.98. The zero-order chi connectivity index (χ0) is 12.7. The fourth-order valence-electron chi connectivity index (χ4n) is 1.16. The van der Waals surface area contributed by atoms with Gasteiger partial charge >= 0.3 is 0 Å². The quantitative estimate of drug-likeness (QED) is 0.603. The minimum Gasteiger partial charge on any atom is -0.370 e. The second-order valence-corrected chi connectivity index (χ2v) is 5.97. The average Bonchev–Trinajstić information content (AvgIpc) is 2.30. The van der Waals surface area contributed by atoms with Gasteiger partial charge in [0, 0.05) is 11.4 Å². The maximum atomic E-state index is 11.2. The van der Waals surface area contributed by atoms with Crippen molar-refractivity contribution in [3.05, 3.63) is 30.3 Å². The van der Waals surface area contributed by atoms with Crippen molar-refractivity contribution in [2.24, 2.45) is 10.7 Å². The number of anilines is 1. The van der Waals surface area contributed by atoms with Gasteiger partial charge in [-0.1, -0.05) is 25.1 Å². The SMILES string of the molecule is CCS(=O)(=O)CCN=C(N)Nc1ccccc1. The van der Waals surface area contributed by atoms with Crippen molar-refractivity contribution in [1.82, 2.24) is 0 Å². The molecule has 0 fully saturated rings. The highest BCUT2D eigenvalue weighted by Crippen LogP contribution is 2.03. The predicted octanol–water partition coefficient (Wildman–Crippen LogP) is 0.848. The Balaban J connectivity index is 2.46. The Hall–Kier alpha value is -1.56. The van der Waals surface area contributed by atoms with E-state index in [1.54, 1.807) is 6.92 Å². The first-order chi connectivity index (χ1) is 8.03. The average molecular weight is 255 g/mol. The molecule has 0 atom stereocenters. The van der Waals surface area contributed by atoms with Crippen LogP contribution in [-0.4, -0.2) is 32.4 Å². The van der Waals surface area contributed by atoms with Crippen LogP contribution >= 0.6 is 0 Å². The number of aliphatic imine (C=N–C) groups is 1. The Morgan fingerprint density at radius 1 is 1.35 bits per heavy atom. The van der Waals surface area contributed by atoms with E-state index in [1.165, 1.54) is 0 Å². The highest BCUT2D eigenvalue weighted by molar-refractivity contribution is 7.91. The molecule has 0 saturated heterocycles. The molecule has 1 aromatic carbocycles. The molecule has 0 amide bonds. The molecule has 5 nitrogen and oxygen atoms in total. The molecule has 0 spiro atoms. The fraction of sp³-hybridized carbons (Fsp3) is 0.364. The number of benzene rings is 1.